The average molecular weight is 427 g/mol. The number of rotatable bonds is 4. The molecule has 11 heteroatoms. The van der Waals surface area contributed by atoms with Gasteiger partial charge in [-0.05, 0) is 25.0 Å². The van der Waals surface area contributed by atoms with Crippen LogP contribution in [0.2, 0.25) is 0 Å². The van der Waals surface area contributed by atoms with Crippen LogP contribution in [0.3, 0.4) is 0 Å². The Hall–Kier alpha value is -2.86. The monoisotopic (exact) mass is 426 g/mol. The summed E-state index contributed by atoms with van der Waals surface area (Å²) in [5.74, 6) is 0.704. The van der Waals surface area contributed by atoms with Crippen LogP contribution in [0.4, 0.5) is 17.8 Å². The second kappa shape index (κ2) is 9.10. The minimum absolute atomic E-state index is 0.0804. The maximum atomic E-state index is 12.7. The van der Waals surface area contributed by atoms with E-state index in [-0.39, 0.29) is 36.0 Å². The highest BCUT2D eigenvalue weighted by Gasteiger charge is 2.29. The molecule has 1 aromatic heterocycles. The molecule has 9 N–H and O–H groups in total. The van der Waals surface area contributed by atoms with Crippen LogP contribution in [0, 0.1) is 0 Å². The van der Waals surface area contributed by atoms with Crippen molar-refractivity contribution in [2.24, 2.45) is 22.9 Å². The molecule has 0 aliphatic carbocycles. The third kappa shape index (κ3) is 5.25. The number of anilines is 3. The van der Waals surface area contributed by atoms with E-state index in [0.29, 0.717) is 43.6 Å². The number of amides is 1. The van der Waals surface area contributed by atoms with Crippen LogP contribution in [0.5, 0.6) is 0 Å². The van der Waals surface area contributed by atoms with E-state index in [9.17, 15) is 4.79 Å². The van der Waals surface area contributed by atoms with Gasteiger partial charge in [-0.25, -0.2) is 0 Å². The Morgan fingerprint density at radius 3 is 1.68 bits per heavy atom. The second-order valence-electron chi connectivity index (χ2n) is 8.40. The fourth-order valence-electron chi connectivity index (χ4n) is 4.14. The number of carbonyl (C=O) groups excluding carboxylic acids is 1. The largest absolute Gasteiger partial charge is 0.338 e. The van der Waals surface area contributed by atoms with Crippen LogP contribution in [0.25, 0.3) is 0 Å². The Morgan fingerprint density at radius 1 is 0.774 bits per heavy atom. The molecule has 0 spiro atoms. The Balaban J connectivity index is 1.65. The third-order valence-corrected chi connectivity index (χ3v) is 5.47. The standard InChI is InChI=1S/C20H30N10O/c21-13-6-14(22)9-29(8-13)19-26-18(25-17(31)12-4-2-1-3-5-12)27-20(28-19)30-10-15(23)7-16(24)11-30/h1-5,13-16H,6-11,21-24H2,(H,25,26,27,28,31). The van der Waals surface area contributed by atoms with E-state index in [4.69, 9.17) is 22.9 Å². The first-order valence-corrected chi connectivity index (χ1v) is 10.5. The minimum Gasteiger partial charge on any atom is -0.338 e. The quantitative estimate of drug-likeness (QED) is 0.401. The molecule has 0 saturated carbocycles. The zero-order chi connectivity index (χ0) is 22.0. The first-order chi connectivity index (χ1) is 14.9. The van der Waals surface area contributed by atoms with Crippen molar-refractivity contribution in [2.75, 3.05) is 41.3 Å². The number of nitrogens with two attached hydrogens (primary N) is 4. The summed E-state index contributed by atoms with van der Waals surface area (Å²) in [6.07, 6.45) is 1.48. The van der Waals surface area contributed by atoms with Gasteiger partial charge in [0.05, 0.1) is 0 Å². The molecule has 4 atom stereocenters. The number of benzene rings is 1. The predicted octanol–water partition coefficient (Wildman–Crippen LogP) is -1.15. The summed E-state index contributed by atoms with van der Waals surface area (Å²) >= 11 is 0. The van der Waals surface area contributed by atoms with Crippen molar-refractivity contribution in [3.05, 3.63) is 35.9 Å². The predicted molar refractivity (Wildman–Crippen MR) is 120 cm³/mol. The van der Waals surface area contributed by atoms with Gasteiger partial charge in [-0.2, -0.15) is 15.0 Å². The van der Waals surface area contributed by atoms with Crippen LogP contribution in [-0.4, -0.2) is 71.2 Å². The molecule has 0 radical (unpaired) electrons. The molecule has 2 fully saturated rings. The lowest BCUT2D eigenvalue weighted by Gasteiger charge is -2.36. The highest BCUT2D eigenvalue weighted by atomic mass is 16.1. The van der Waals surface area contributed by atoms with Crippen LogP contribution < -0.4 is 38.1 Å². The summed E-state index contributed by atoms with van der Waals surface area (Å²) in [4.78, 5) is 30.2. The van der Waals surface area contributed by atoms with E-state index < -0.39 is 0 Å². The first kappa shape index (κ1) is 21.4. The van der Waals surface area contributed by atoms with Crippen molar-refractivity contribution in [3.63, 3.8) is 0 Å². The molecular formula is C20H30N10O. The van der Waals surface area contributed by atoms with Gasteiger partial charge >= 0.3 is 0 Å². The molecule has 4 unspecified atom stereocenters. The van der Waals surface area contributed by atoms with Gasteiger partial charge in [-0.3, -0.25) is 10.1 Å². The van der Waals surface area contributed by atoms with Gasteiger partial charge in [0.15, 0.2) is 0 Å². The maximum Gasteiger partial charge on any atom is 0.258 e. The van der Waals surface area contributed by atoms with Crippen molar-refractivity contribution in [3.8, 4) is 0 Å². The van der Waals surface area contributed by atoms with Crippen molar-refractivity contribution >= 4 is 23.8 Å². The molecule has 0 bridgehead atoms. The van der Waals surface area contributed by atoms with E-state index >= 15 is 0 Å². The molecule has 2 saturated heterocycles. The Bertz CT molecular complexity index is 846. The first-order valence-electron chi connectivity index (χ1n) is 10.5. The van der Waals surface area contributed by atoms with E-state index in [2.05, 4.69) is 20.3 Å². The Morgan fingerprint density at radius 2 is 1.23 bits per heavy atom. The molecule has 2 aliphatic rings. The van der Waals surface area contributed by atoms with Crippen molar-refractivity contribution in [1.29, 1.82) is 0 Å². The number of aromatic nitrogens is 3. The smallest absolute Gasteiger partial charge is 0.258 e. The molecule has 4 rings (SSSR count). The zero-order valence-electron chi connectivity index (χ0n) is 17.4. The van der Waals surface area contributed by atoms with Crippen molar-refractivity contribution < 1.29 is 4.79 Å². The van der Waals surface area contributed by atoms with Gasteiger partial charge in [0.2, 0.25) is 17.8 Å². The lowest BCUT2D eigenvalue weighted by Crippen LogP contribution is -2.54. The van der Waals surface area contributed by atoms with Gasteiger partial charge in [0.1, 0.15) is 0 Å². The number of nitrogens with zero attached hydrogens (tertiary/aromatic N) is 5. The summed E-state index contributed by atoms with van der Waals surface area (Å²) < 4.78 is 0. The SMILES string of the molecule is NC1CC(N)CN(c2nc(NC(=O)c3ccccc3)nc(N3CC(N)CC(N)C3)n2)C1. The van der Waals surface area contributed by atoms with Gasteiger partial charge in [-0.15, -0.1) is 0 Å². The topological polar surface area (TPSA) is 178 Å². The van der Waals surface area contributed by atoms with Gasteiger partial charge < -0.3 is 32.7 Å². The zero-order valence-corrected chi connectivity index (χ0v) is 17.4. The van der Waals surface area contributed by atoms with Gasteiger partial charge in [0, 0.05) is 55.9 Å². The fourth-order valence-corrected chi connectivity index (χ4v) is 4.14. The third-order valence-electron chi connectivity index (χ3n) is 5.47. The van der Waals surface area contributed by atoms with E-state index in [0.717, 1.165) is 12.8 Å². The maximum absolute atomic E-state index is 12.7. The van der Waals surface area contributed by atoms with Gasteiger partial charge in [0.25, 0.3) is 5.91 Å². The van der Waals surface area contributed by atoms with Crippen molar-refractivity contribution in [1.82, 2.24) is 15.0 Å². The molecule has 1 amide bonds. The lowest BCUT2D eigenvalue weighted by atomic mass is 10.0. The van der Waals surface area contributed by atoms with Crippen molar-refractivity contribution in [2.45, 2.75) is 37.0 Å². The normalized spacial score (nSPS) is 26.6. The second-order valence-corrected chi connectivity index (χ2v) is 8.40. The molecule has 31 heavy (non-hydrogen) atoms. The molecule has 1 aromatic carbocycles. The fraction of sp³-hybridized carbons (Fsp3) is 0.500. The number of nitrogens with one attached hydrogen (secondary N) is 1. The lowest BCUT2D eigenvalue weighted by molar-refractivity contribution is 0.102. The number of hydrogen-bond acceptors (Lipinski definition) is 10. The highest BCUT2D eigenvalue weighted by Crippen LogP contribution is 2.22. The number of piperidine rings is 2. The van der Waals surface area contributed by atoms with Crippen LogP contribution in [-0.2, 0) is 0 Å². The van der Waals surface area contributed by atoms with E-state index in [1.807, 2.05) is 15.9 Å². The van der Waals surface area contributed by atoms with Crippen LogP contribution >= 0.6 is 0 Å². The minimum atomic E-state index is -0.303. The average Bonchev–Trinajstić information content (AvgIpc) is 2.73. The highest BCUT2D eigenvalue weighted by molar-refractivity contribution is 6.03. The summed E-state index contributed by atoms with van der Waals surface area (Å²) in [6, 6.07) is 8.57. The summed E-state index contributed by atoms with van der Waals surface area (Å²) in [5.41, 5.74) is 25.1. The number of carbonyl (C=O) groups is 1. The van der Waals surface area contributed by atoms with E-state index in [1.165, 1.54) is 0 Å². The molecule has 2 aliphatic heterocycles. The number of hydrogen-bond donors (Lipinski definition) is 5. The van der Waals surface area contributed by atoms with E-state index in [1.54, 1.807) is 24.3 Å². The van der Waals surface area contributed by atoms with Crippen LogP contribution in [0.15, 0.2) is 30.3 Å². The Kier molecular flexibility index (Phi) is 6.28. The Labute approximate surface area is 181 Å². The summed E-state index contributed by atoms with van der Waals surface area (Å²) in [7, 11) is 0. The van der Waals surface area contributed by atoms with Crippen LogP contribution in [0.1, 0.15) is 23.2 Å². The molecule has 11 nitrogen and oxygen atoms in total. The summed E-state index contributed by atoms with van der Waals surface area (Å²) in [6.45, 7) is 2.29. The van der Waals surface area contributed by atoms with Gasteiger partial charge in [-0.1, -0.05) is 18.2 Å². The molecule has 166 valence electrons. The summed E-state index contributed by atoms with van der Waals surface area (Å²) in [5, 5.41) is 2.78. The molecule has 3 heterocycles. The molecular weight excluding hydrogens is 396 g/mol. The molecule has 2 aromatic rings.